The first-order chi connectivity index (χ1) is 12.4. The second-order valence-electron chi connectivity index (χ2n) is 6.82. The molecule has 2 heterocycles. The van der Waals surface area contributed by atoms with Crippen LogP contribution in [0.2, 0.25) is 10.0 Å². The normalized spacial score (nSPS) is 16.1. The molecule has 1 N–H and O–H groups in total. The Morgan fingerprint density at radius 1 is 1.35 bits per heavy atom. The van der Waals surface area contributed by atoms with E-state index in [2.05, 4.69) is 5.10 Å². The second-order valence-corrected chi connectivity index (χ2v) is 7.61. The largest absolute Gasteiger partial charge is 0.387 e. The molecule has 136 valence electrons. The third-order valence-corrected chi connectivity index (χ3v) is 6.31. The highest BCUT2D eigenvalue weighted by atomic mass is 35.5. The van der Waals surface area contributed by atoms with Crippen LogP contribution in [0, 0.1) is 6.92 Å². The van der Waals surface area contributed by atoms with Crippen LogP contribution in [0.15, 0.2) is 17.8 Å². The summed E-state index contributed by atoms with van der Waals surface area (Å²) in [5.74, 6) is -0.246. The Hall–Kier alpha value is -1.82. The molecule has 1 aromatic heterocycles. The van der Waals surface area contributed by atoms with Gasteiger partial charge in [-0.1, -0.05) is 28.8 Å². The molecule has 1 aromatic carbocycles. The smallest absolute Gasteiger partial charge is 0.248 e. The average molecular weight is 392 g/mol. The number of hydrogen-bond donors (Lipinski definition) is 1. The number of halogens is 2. The van der Waals surface area contributed by atoms with E-state index in [4.69, 9.17) is 23.2 Å². The van der Waals surface area contributed by atoms with Gasteiger partial charge in [0.05, 0.1) is 16.2 Å². The minimum atomic E-state index is -0.467. The van der Waals surface area contributed by atoms with E-state index in [0.29, 0.717) is 23.1 Å². The third-order valence-electron chi connectivity index (χ3n) is 5.48. The number of aliphatic hydroxyl groups excluding tert-OH is 1. The van der Waals surface area contributed by atoms with Gasteiger partial charge < -0.3 is 10.0 Å². The highest BCUT2D eigenvalue weighted by Gasteiger charge is 2.33. The van der Waals surface area contributed by atoms with Gasteiger partial charge in [-0.25, -0.2) is 0 Å². The zero-order valence-electron chi connectivity index (χ0n) is 14.6. The fraction of sp³-hybridized carbons (Fsp3) is 0.368. The highest BCUT2D eigenvalue weighted by molar-refractivity contribution is 6.43. The van der Waals surface area contributed by atoms with Gasteiger partial charge in [-0.2, -0.15) is 5.10 Å². The average Bonchev–Trinajstić information content (AvgIpc) is 3.18. The number of carbonyl (C=O) groups excluding carboxylic acids is 1. The van der Waals surface area contributed by atoms with Crippen molar-refractivity contribution in [2.45, 2.75) is 19.8 Å². The topological polar surface area (TPSA) is 58.4 Å². The van der Waals surface area contributed by atoms with Crippen LogP contribution < -0.4 is 0 Å². The van der Waals surface area contributed by atoms with Gasteiger partial charge >= 0.3 is 0 Å². The van der Waals surface area contributed by atoms with Gasteiger partial charge in [0.25, 0.3) is 0 Å². The van der Waals surface area contributed by atoms with Gasteiger partial charge in [0.1, 0.15) is 6.61 Å². The zero-order valence-corrected chi connectivity index (χ0v) is 16.2. The van der Waals surface area contributed by atoms with E-state index < -0.39 is 6.61 Å². The van der Waals surface area contributed by atoms with E-state index in [1.165, 1.54) is 5.57 Å². The van der Waals surface area contributed by atoms with Crippen LogP contribution in [0.1, 0.15) is 23.2 Å². The maximum Gasteiger partial charge on any atom is 0.248 e. The lowest BCUT2D eigenvalue weighted by Gasteiger charge is -2.29. The van der Waals surface area contributed by atoms with Gasteiger partial charge in [-0.05, 0) is 48.1 Å². The van der Waals surface area contributed by atoms with Gasteiger partial charge in [-0.3, -0.25) is 9.48 Å². The molecule has 0 spiro atoms. The first-order valence-corrected chi connectivity index (χ1v) is 9.27. The molecule has 2 aliphatic rings. The van der Waals surface area contributed by atoms with Crippen molar-refractivity contribution in [2.75, 3.05) is 19.7 Å². The van der Waals surface area contributed by atoms with Crippen molar-refractivity contribution in [3.8, 4) is 11.1 Å². The van der Waals surface area contributed by atoms with Crippen molar-refractivity contribution in [2.24, 2.45) is 7.05 Å². The molecule has 0 atom stereocenters. The fourth-order valence-corrected chi connectivity index (χ4v) is 4.38. The van der Waals surface area contributed by atoms with Gasteiger partial charge in [0.15, 0.2) is 0 Å². The lowest BCUT2D eigenvalue weighted by atomic mass is 9.92. The Bertz CT molecular complexity index is 962. The molecule has 1 amide bonds. The van der Waals surface area contributed by atoms with Crippen molar-refractivity contribution in [3.63, 3.8) is 0 Å². The molecule has 4 rings (SSSR count). The van der Waals surface area contributed by atoms with Crippen LogP contribution >= 0.6 is 23.2 Å². The third kappa shape index (κ3) is 2.57. The summed E-state index contributed by atoms with van der Waals surface area (Å²) in [5.41, 5.74) is 7.59. The Morgan fingerprint density at radius 2 is 2.12 bits per heavy atom. The summed E-state index contributed by atoms with van der Waals surface area (Å²) < 4.78 is 1.83. The van der Waals surface area contributed by atoms with E-state index in [-0.39, 0.29) is 5.91 Å². The number of aromatic nitrogens is 2. The van der Waals surface area contributed by atoms with Crippen molar-refractivity contribution in [1.29, 1.82) is 0 Å². The van der Waals surface area contributed by atoms with E-state index in [0.717, 1.165) is 46.4 Å². The molecule has 0 fully saturated rings. The van der Waals surface area contributed by atoms with E-state index in [1.54, 1.807) is 4.90 Å². The molecule has 0 unspecified atom stereocenters. The number of carbonyl (C=O) groups is 1. The maximum atomic E-state index is 12.0. The number of aryl methyl sites for hydroxylation is 1. The number of amides is 1. The zero-order chi connectivity index (χ0) is 18.6. The summed E-state index contributed by atoms with van der Waals surface area (Å²) in [6, 6.07) is 1.90. The lowest BCUT2D eigenvalue weighted by Crippen LogP contribution is -2.37. The predicted octanol–water partition coefficient (Wildman–Crippen LogP) is 3.24. The van der Waals surface area contributed by atoms with Crippen LogP contribution in [-0.4, -0.2) is 45.4 Å². The maximum absolute atomic E-state index is 12.0. The van der Waals surface area contributed by atoms with Crippen molar-refractivity contribution in [3.05, 3.63) is 44.7 Å². The second kappa shape index (κ2) is 6.41. The summed E-state index contributed by atoms with van der Waals surface area (Å²) in [4.78, 5) is 13.7. The van der Waals surface area contributed by atoms with Crippen LogP contribution in [0.25, 0.3) is 16.7 Å². The van der Waals surface area contributed by atoms with Gasteiger partial charge in [-0.15, -0.1) is 0 Å². The molecule has 1 aliphatic carbocycles. The summed E-state index contributed by atoms with van der Waals surface area (Å²) >= 11 is 13.0. The Balaban J connectivity index is 1.89. The number of fused-ring (bicyclic) bond motifs is 2. The summed E-state index contributed by atoms with van der Waals surface area (Å²) in [7, 11) is 1.91. The van der Waals surface area contributed by atoms with E-state index >= 15 is 0 Å². The minimum Gasteiger partial charge on any atom is -0.387 e. The molecule has 5 nitrogen and oxygen atoms in total. The Kier molecular flexibility index (Phi) is 4.34. The van der Waals surface area contributed by atoms with E-state index in [1.807, 2.05) is 30.9 Å². The van der Waals surface area contributed by atoms with Gasteiger partial charge in [0, 0.05) is 31.4 Å². The van der Waals surface area contributed by atoms with Crippen LogP contribution in [0.3, 0.4) is 0 Å². The number of nitrogens with zero attached hydrogens (tertiary/aromatic N) is 3. The molecule has 7 heteroatoms. The fourth-order valence-electron chi connectivity index (χ4n) is 3.94. The molecular weight excluding hydrogens is 373 g/mol. The molecule has 0 saturated carbocycles. The minimum absolute atomic E-state index is 0.246. The summed E-state index contributed by atoms with van der Waals surface area (Å²) in [5, 5.41) is 14.7. The van der Waals surface area contributed by atoms with Gasteiger partial charge in [0.2, 0.25) is 5.91 Å². The lowest BCUT2D eigenvalue weighted by molar-refractivity contribution is -0.133. The first-order valence-electron chi connectivity index (χ1n) is 8.52. The number of benzene rings is 1. The van der Waals surface area contributed by atoms with Crippen LogP contribution in [0.5, 0.6) is 0 Å². The number of rotatable bonds is 2. The number of hydrogen-bond acceptors (Lipinski definition) is 3. The molecule has 1 aliphatic heterocycles. The van der Waals surface area contributed by atoms with Crippen molar-refractivity contribution < 1.29 is 9.90 Å². The molecule has 2 aromatic rings. The SMILES string of the molecule is Cc1c(-c2cc(Cl)c(Cl)c3c2C2=C(CCN(C(=O)CO)C2)C3)cnn1C. The van der Waals surface area contributed by atoms with Crippen LogP contribution in [0.4, 0.5) is 0 Å². The highest BCUT2D eigenvalue weighted by Crippen LogP contribution is 2.48. The molecule has 0 bridgehead atoms. The first kappa shape index (κ1) is 17.6. The molecule has 26 heavy (non-hydrogen) atoms. The van der Waals surface area contributed by atoms with Crippen molar-refractivity contribution in [1.82, 2.24) is 14.7 Å². The Labute approximate surface area is 161 Å². The summed E-state index contributed by atoms with van der Waals surface area (Å²) in [6.45, 7) is 2.67. The van der Waals surface area contributed by atoms with Crippen molar-refractivity contribution >= 4 is 34.7 Å². The van der Waals surface area contributed by atoms with Crippen LogP contribution in [-0.2, 0) is 18.3 Å². The molecule has 0 radical (unpaired) electrons. The quantitative estimate of drug-likeness (QED) is 0.854. The monoisotopic (exact) mass is 391 g/mol. The predicted molar refractivity (Wildman–Crippen MR) is 102 cm³/mol. The number of aliphatic hydroxyl groups is 1. The summed E-state index contributed by atoms with van der Waals surface area (Å²) in [6.07, 6.45) is 3.39. The molecular formula is C19H19Cl2N3O2. The van der Waals surface area contributed by atoms with E-state index in [9.17, 15) is 9.90 Å². The standard InChI is InChI=1S/C19H19Cl2N3O2/c1-10-14(7-22-23(10)2)12-6-16(20)19(21)13-5-11-3-4-24(17(26)9-25)8-15(11)18(12)13/h6-7,25H,3-5,8-9H2,1-2H3. The molecule has 0 saturated heterocycles. The Morgan fingerprint density at radius 3 is 2.77 bits per heavy atom.